The molecule has 0 bridgehead atoms. The summed E-state index contributed by atoms with van der Waals surface area (Å²) in [7, 11) is 0. The van der Waals surface area contributed by atoms with Gasteiger partial charge in [-0.2, -0.15) is 13.2 Å². The van der Waals surface area contributed by atoms with Crippen molar-refractivity contribution in [3.8, 4) is 0 Å². The molecule has 1 aromatic carbocycles. The number of pyridine rings is 1. The molecule has 3 aliphatic heterocycles. The number of ether oxygens (including phenoxy) is 1. The first-order valence-electron chi connectivity index (χ1n) is 12.4. The number of fused-ring (bicyclic) bond motifs is 2. The highest BCUT2D eigenvalue weighted by Gasteiger charge is 2.57. The smallest absolute Gasteiger partial charge is 0.378 e. The molecule has 3 amide bonds. The number of benzene rings is 1. The Balaban J connectivity index is 1.42. The standard InChI is InChI=1S/C26H21F3N4O5S2/c27-26(28,29)15-4-1-5-16(11-15)33-22(35)19-18(14-3-2-6-30-12-14)21-24(39-20(19)23(33)36)32(25(37)40-21)13-17(34)31-7-9-38-10-8-31/h1-6,11-12,18-20H,7-10,13H2/t18-,19?,20?/m1/s1. The molecular weight excluding hydrogens is 569 g/mol. The molecule has 0 aliphatic carbocycles. The molecule has 0 radical (unpaired) electrons. The van der Waals surface area contributed by atoms with E-state index in [9.17, 15) is 32.3 Å². The molecule has 9 nitrogen and oxygen atoms in total. The highest BCUT2D eigenvalue weighted by Crippen LogP contribution is 2.54. The van der Waals surface area contributed by atoms with Crippen molar-refractivity contribution < 1.29 is 32.3 Å². The van der Waals surface area contributed by atoms with E-state index in [0.717, 1.165) is 46.2 Å². The lowest BCUT2D eigenvalue weighted by Gasteiger charge is -2.31. The predicted octanol–water partition coefficient (Wildman–Crippen LogP) is 2.98. The molecule has 208 valence electrons. The zero-order valence-corrected chi connectivity index (χ0v) is 22.3. The lowest BCUT2D eigenvalue weighted by Crippen LogP contribution is -2.43. The third-order valence-corrected chi connectivity index (χ3v) is 9.79. The molecule has 2 saturated heterocycles. The second kappa shape index (κ2) is 10.2. The van der Waals surface area contributed by atoms with Gasteiger partial charge in [0.25, 0.3) is 0 Å². The van der Waals surface area contributed by atoms with Gasteiger partial charge in [0.1, 0.15) is 11.8 Å². The topological polar surface area (TPSA) is 102 Å². The fraction of sp³-hybridized carbons (Fsp3) is 0.346. The van der Waals surface area contributed by atoms with Gasteiger partial charge in [-0.05, 0) is 29.8 Å². The summed E-state index contributed by atoms with van der Waals surface area (Å²) in [5, 5.41) is -0.614. The summed E-state index contributed by atoms with van der Waals surface area (Å²) in [4.78, 5) is 60.4. The van der Waals surface area contributed by atoms with Crippen molar-refractivity contribution in [3.05, 3.63) is 74.5 Å². The summed E-state index contributed by atoms with van der Waals surface area (Å²) in [6.07, 6.45) is -1.57. The number of imide groups is 1. The number of alkyl halides is 3. The Morgan fingerprint density at radius 1 is 1.07 bits per heavy atom. The maximum atomic E-state index is 13.8. The van der Waals surface area contributed by atoms with E-state index in [-0.39, 0.29) is 18.1 Å². The van der Waals surface area contributed by atoms with Crippen LogP contribution in [-0.2, 0) is 31.8 Å². The number of thiazole rings is 1. The number of hydrogen-bond donors (Lipinski definition) is 0. The van der Waals surface area contributed by atoms with Crippen LogP contribution in [0, 0.1) is 5.92 Å². The van der Waals surface area contributed by atoms with Crippen LogP contribution in [0.1, 0.15) is 21.9 Å². The number of hydrogen-bond acceptors (Lipinski definition) is 8. The Hall–Kier alpha value is -3.49. The van der Waals surface area contributed by atoms with Gasteiger partial charge >= 0.3 is 11.0 Å². The molecule has 0 saturated carbocycles. The summed E-state index contributed by atoms with van der Waals surface area (Å²) in [5.41, 5.74) is -0.571. The number of amides is 3. The number of halogens is 3. The molecular formula is C26H21F3N4O5S2. The molecule has 5 heterocycles. The Kier molecular flexibility index (Phi) is 6.79. The zero-order valence-electron chi connectivity index (χ0n) is 20.7. The predicted molar refractivity (Wildman–Crippen MR) is 139 cm³/mol. The number of morpholine rings is 1. The molecule has 0 N–H and O–H groups in total. The van der Waals surface area contributed by atoms with Gasteiger partial charge in [-0.1, -0.05) is 35.2 Å². The van der Waals surface area contributed by atoms with E-state index in [4.69, 9.17) is 4.74 Å². The van der Waals surface area contributed by atoms with E-state index in [2.05, 4.69) is 4.98 Å². The van der Waals surface area contributed by atoms with E-state index < -0.39 is 45.5 Å². The third-order valence-electron chi connectivity index (χ3n) is 7.18. The molecule has 3 aliphatic rings. The van der Waals surface area contributed by atoms with Crippen LogP contribution in [-0.4, -0.2) is 63.7 Å². The van der Waals surface area contributed by atoms with Crippen molar-refractivity contribution >= 4 is 46.5 Å². The molecule has 3 aromatic rings. The van der Waals surface area contributed by atoms with Crippen molar-refractivity contribution in [1.29, 1.82) is 0 Å². The first-order chi connectivity index (χ1) is 19.1. The molecule has 40 heavy (non-hydrogen) atoms. The first-order valence-corrected chi connectivity index (χ1v) is 14.1. The summed E-state index contributed by atoms with van der Waals surface area (Å²) in [5.74, 6) is -3.34. The molecule has 14 heteroatoms. The first kappa shape index (κ1) is 26.7. The second-order valence-corrected chi connectivity index (χ2v) is 11.6. The van der Waals surface area contributed by atoms with Crippen LogP contribution in [0.2, 0.25) is 0 Å². The quantitative estimate of drug-likeness (QED) is 0.431. The summed E-state index contributed by atoms with van der Waals surface area (Å²) < 4.78 is 46.9. The van der Waals surface area contributed by atoms with E-state index in [1.54, 1.807) is 29.4 Å². The average molecular weight is 591 g/mol. The van der Waals surface area contributed by atoms with Crippen molar-refractivity contribution in [2.45, 2.75) is 28.9 Å². The van der Waals surface area contributed by atoms with Crippen LogP contribution in [0.5, 0.6) is 0 Å². The van der Waals surface area contributed by atoms with Gasteiger partial charge in [0.15, 0.2) is 0 Å². The van der Waals surface area contributed by atoms with Crippen molar-refractivity contribution in [3.63, 3.8) is 0 Å². The largest absolute Gasteiger partial charge is 0.416 e. The monoisotopic (exact) mass is 590 g/mol. The molecule has 2 fully saturated rings. The van der Waals surface area contributed by atoms with E-state index in [1.807, 2.05) is 0 Å². The van der Waals surface area contributed by atoms with Crippen molar-refractivity contribution in [2.24, 2.45) is 5.92 Å². The Labute approximate surface area is 233 Å². The van der Waals surface area contributed by atoms with Gasteiger partial charge in [0, 0.05) is 36.3 Å². The fourth-order valence-electron chi connectivity index (χ4n) is 5.30. The van der Waals surface area contributed by atoms with Crippen LogP contribution in [0.3, 0.4) is 0 Å². The normalized spacial score (nSPS) is 22.8. The average Bonchev–Trinajstić information content (AvgIpc) is 3.39. The maximum absolute atomic E-state index is 13.8. The Bertz CT molecular complexity index is 1550. The second-order valence-electron chi connectivity index (χ2n) is 9.50. The van der Waals surface area contributed by atoms with Gasteiger partial charge in [-0.3, -0.25) is 28.7 Å². The number of carbonyl (C=O) groups is 3. The van der Waals surface area contributed by atoms with Crippen molar-refractivity contribution in [2.75, 3.05) is 31.2 Å². The Morgan fingerprint density at radius 3 is 2.55 bits per heavy atom. The molecule has 3 atom stereocenters. The third kappa shape index (κ3) is 4.53. The van der Waals surface area contributed by atoms with Gasteiger partial charge in [0.05, 0.1) is 35.4 Å². The summed E-state index contributed by atoms with van der Waals surface area (Å²) >= 11 is 1.90. The lowest BCUT2D eigenvalue weighted by molar-refractivity contribution is -0.138. The van der Waals surface area contributed by atoms with Crippen molar-refractivity contribution in [1.82, 2.24) is 14.5 Å². The summed E-state index contributed by atoms with van der Waals surface area (Å²) in [6.45, 7) is 1.34. The molecule has 0 spiro atoms. The minimum absolute atomic E-state index is 0.173. The van der Waals surface area contributed by atoms with Gasteiger partial charge < -0.3 is 9.64 Å². The van der Waals surface area contributed by atoms with Crippen LogP contribution in [0.25, 0.3) is 0 Å². The highest BCUT2D eigenvalue weighted by atomic mass is 32.2. The van der Waals surface area contributed by atoms with E-state index in [1.165, 1.54) is 10.6 Å². The van der Waals surface area contributed by atoms with Crippen LogP contribution in [0.4, 0.5) is 18.9 Å². The molecule has 2 aromatic heterocycles. The Morgan fingerprint density at radius 2 is 1.85 bits per heavy atom. The highest BCUT2D eigenvalue weighted by molar-refractivity contribution is 8.00. The number of anilines is 1. The van der Waals surface area contributed by atoms with Crippen LogP contribution in [0.15, 0.2) is 58.6 Å². The minimum Gasteiger partial charge on any atom is -0.378 e. The number of carbonyl (C=O) groups excluding carboxylic acids is 3. The van der Waals surface area contributed by atoms with Crippen LogP contribution < -0.4 is 9.77 Å². The van der Waals surface area contributed by atoms with Gasteiger partial charge in [-0.15, -0.1) is 0 Å². The molecule has 6 rings (SSSR count). The lowest BCUT2D eigenvalue weighted by atomic mass is 9.84. The van der Waals surface area contributed by atoms with Crippen LogP contribution >= 0.6 is 23.1 Å². The van der Waals surface area contributed by atoms with Gasteiger partial charge in [0.2, 0.25) is 17.7 Å². The number of nitrogens with zero attached hydrogens (tertiary/aromatic N) is 4. The number of thioether (sulfide) groups is 1. The number of rotatable bonds is 4. The van der Waals surface area contributed by atoms with E-state index >= 15 is 0 Å². The van der Waals surface area contributed by atoms with E-state index in [0.29, 0.717) is 41.8 Å². The number of aromatic nitrogens is 2. The zero-order chi connectivity index (χ0) is 28.2. The fourth-order valence-corrected chi connectivity index (χ4v) is 8.07. The minimum atomic E-state index is -4.66. The van der Waals surface area contributed by atoms with Gasteiger partial charge in [-0.25, -0.2) is 4.90 Å². The molecule has 2 unspecified atom stereocenters. The summed E-state index contributed by atoms with van der Waals surface area (Å²) in [6, 6.07) is 7.49. The maximum Gasteiger partial charge on any atom is 0.416 e. The SMILES string of the molecule is O=C(Cn1c2c(sc1=O)[C@H](c1cccnc1)C1C(=O)N(c3cccc(C(F)(F)F)c3)C(=O)C1S2)N1CCOCC1.